The number of carbonyl (C=O) groups is 3. The van der Waals surface area contributed by atoms with Crippen molar-refractivity contribution >= 4 is 17.9 Å². The van der Waals surface area contributed by atoms with E-state index in [2.05, 4.69) is 39.6 Å². The minimum atomic E-state index is -0.182. The normalized spacial score (nSPS) is 14.5. The van der Waals surface area contributed by atoms with Gasteiger partial charge in [0.15, 0.2) is 0 Å². The first-order valence-corrected chi connectivity index (χ1v) is 31.5. The molecule has 3 unspecified atom stereocenters. The van der Waals surface area contributed by atoms with Gasteiger partial charge in [-0.25, -0.2) is 0 Å². The Kier molecular flexibility index (Phi) is 52.6. The lowest BCUT2D eigenvalue weighted by molar-refractivity contribution is -0.152. The monoisotopic (exact) mass is 1070 g/mol. The van der Waals surface area contributed by atoms with E-state index in [0.29, 0.717) is 85.9 Å². The minimum absolute atomic E-state index is 0.00422. The highest BCUT2D eigenvalue weighted by Crippen LogP contribution is 2.23. The van der Waals surface area contributed by atoms with E-state index in [9.17, 15) is 14.4 Å². The van der Waals surface area contributed by atoms with Crippen LogP contribution in [0, 0.1) is 17.8 Å². The van der Waals surface area contributed by atoms with Gasteiger partial charge in [-0.15, -0.1) is 0 Å². The predicted octanol–water partition coefficient (Wildman–Crippen LogP) is 14.2. The van der Waals surface area contributed by atoms with Crippen molar-refractivity contribution in [1.82, 2.24) is 4.90 Å². The van der Waals surface area contributed by atoms with Crippen molar-refractivity contribution in [3.05, 3.63) is 0 Å². The summed E-state index contributed by atoms with van der Waals surface area (Å²) in [5, 5.41) is 0. The summed E-state index contributed by atoms with van der Waals surface area (Å²) in [6.45, 7) is 17.3. The first kappa shape index (κ1) is 71.1. The van der Waals surface area contributed by atoms with Gasteiger partial charge in [0.2, 0.25) is 0 Å². The first-order chi connectivity index (χ1) is 36.9. The van der Waals surface area contributed by atoms with Gasteiger partial charge in [-0.2, -0.15) is 0 Å². The standard InChI is InChI=1S/C62H119NO12/c1-6-10-14-18-20-28-36-56(34-26-16-12-8-3)60(64)73-44-32-23-22-30-42-70-54-59(55-71-51-50-68-47-46-67-48-49-69-52-53-75-62(66)58-38-40-63(5)41-39-58)72-43-31-24-25-33-45-74-61(65)57(35-27-17-13-9-4)37-29-21-19-15-11-7-2/h56-59H,6-55H2,1-5H3. The molecule has 0 aromatic carbocycles. The second-order valence-corrected chi connectivity index (χ2v) is 21.6. The number of hydrogen-bond acceptors (Lipinski definition) is 13. The smallest absolute Gasteiger partial charge is 0.309 e. The third-order valence-corrected chi connectivity index (χ3v) is 14.6. The van der Waals surface area contributed by atoms with Crippen LogP contribution in [0.1, 0.15) is 246 Å². The number of piperidine rings is 1. The summed E-state index contributed by atoms with van der Waals surface area (Å²) in [6.07, 6.45) is 37.5. The Morgan fingerprint density at radius 3 is 1.15 bits per heavy atom. The number of ether oxygens (including phenoxy) is 9. The van der Waals surface area contributed by atoms with Crippen molar-refractivity contribution in [2.75, 3.05) is 113 Å². The third kappa shape index (κ3) is 45.7. The summed E-state index contributed by atoms with van der Waals surface area (Å²) >= 11 is 0. The largest absolute Gasteiger partial charge is 0.465 e. The van der Waals surface area contributed by atoms with Gasteiger partial charge in [-0.05, 0) is 97.2 Å². The molecule has 1 rings (SSSR count). The van der Waals surface area contributed by atoms with Gasteiger partial charge in [0, 0.05) is 13.2 Å². The molecule has 0 aromatic rings. The summed E-state index contributed by atoms with van der Waals surface area (Å²) in [7, 11) is 2.08. The lowest BCUT2D eigenvalue weighted by Crippen LogP contribution is -2.34. The van der Waals surface area contributed by atoms with E-state index >= 15 is 0 Å². The van der Waals surface area contributed by atoms with Crippen molar-refractivity contribution in [1.29, 1.82) is 0 Å². The fourth-order valence-corrected chi connectivity index (χ4v) is 9.58. The molecule has 1 fully saturated rings. The molecule has 13 heteroatoms. The van der Waals surface area contributed by atoms with E-state index < -0.39 is 0 Å². The molecule has 75 heavy (non-hydrogen) atoms. The zero-order valence-corrected chi connectivity index (χ0v) is 49.5. The highest BCUT2D eigenvalue weighted by Gasteiger charge is 2.25. The summed E-state index contributed by atoms with van der Waals surface area (Å²) in [6, 6.07) is 0. The van der Waals surface area contributed by atoms with E-state index in [1.165, 1.54) is 103 Å². The van der Waals surface area contributed by atoms with Crippen LogP contribution in [0.15, 0.2) is 0 Å². The summed E-state index contributed by atoms with van der Waals surface area (Å²) in [5.41, 5.74) is 0. The molecule has 0 aromatic heterocycles. The third-order valence-electron chi connectivity index (χ3n) is 14.6. The molecule has 0 amide bonds. The lowest BCUT2D eigenvalue weighted by Gasteiger charge is -2.27. The first-order valence-electron chi connectivity index (χ1n) is 31.5. The van der Waals surface area contributed by atoms with E-state index in [0.717, 1.165) is 129 Å². The molecular formula is C62H119NO12. The number of carbonyl (C=O) groups excluding carboxylic acids is 3. The van der Waals surface area contributed by atoms with E-state index in [4.69, 9.17) is 42.6 Å². The molecule has 0 saturated carbocycles. The Balaban J connectivity index is 2.39. The molecule has 3 atom stereocenters. The molecule has 1 aliphatic heterocycles. The van der Waals surface area contributed by atoms with Crippen LogP contribution in [0.25, 0.3) is 0 Å². The molecule has 13 nitrogen and oxygen atoms in total. The SMILES string of the molecule is CCCCCCCCC(CCCCCC)C(=O)OCCCCCCOCC(COCCOCCOCCOCCOC(=O)C1CCN(C)CC1)OCCCCCCOC(=O)C(CCCCCC)CCCCCCCC. The van der Waals surface area contributed by atoms with Crippen LogP contribution < -0.4 is 0 Å². The molecular weight excluding hydrogens is 951 g/mol. The van der Waals surface area contributed by atoms with Crippen LogP contribution in [0.4, 0.5) is 0 Å². The average Bonchev–Trinajstić information content (AvgIpc) is 3.41. The van der Waals surface area contributed by atoms with Crippen molar-refractivity contribution in [2.24, 2.45) is 17.8 Å². The fraction of sp³-hybridized carbons (Fsp3) is 0.952. The maximum Gasteiger partial charge on any atom is 0.309 e. The fourth-order valence-electron chi connectivity index (χ4n) is 9.58. The van der Waals surface area contributed by atoms with Crippen LogP contribution in [0.3, 0.4) is 0 Å². The maximum atomic E-state index is 13.1. The maximum absolute atomic E-state index is 13.1. The second-order valence-electron chi connectivity index (χ2n) is 21.6. The van der Waals surface area contributed by atoms with Crippen LogP contribution in [0.2, 0.25) is 0 Å². The van der Waals surface area contributed by atoms with Gasteiger partial charge in [0.05, 0.1) is 90.4 Å². The number of rotatable bonds is 58. The lowest BCUT2D eigenvalue weighted by atomic mass is 9.94. The van der Waals surface area contributed by atoms with Gasteiger partial charge in [0.25, 0.3) is 0 Å². The topological polar surface area (TPSA) is 138 Å². The van der Waals surface area contributed by atoms with Crippen LogP contribution >= 0.6 is 0 Å². The van der Waals surface area contributed by atoms with Crippen molar-refractivity contribution in [2.45, 2.75) is 252 Å². The zero-order valence-electron chi connectivity index (χ0n) is 49.5. The Morgan fingerprint density at radius 1 is 0.373 bits per heavy atom. The minimum Gasteiger partial charge on any atom is -0.465 e. The number of hydrogen-bond donors (Lipinski definition) is 0. The van der Waals surface area contributed by atoms with Crippen LogP contribution in [-0.2, 0) is 57.0 Å². The average molecular weight is 1070 g/mol. The van der Waals surface area contributed by atoms with E-state index in [-0.39, 0.29) is 48.4 Å². The molecule has 0 bridgehead atoms. The quantitative estimate of drug-likeness (QED) is 0.0325. The van der Waals surface area contributed by atoms with Crippen molar-refractivity contribution in [3.63, 3.8) is 0 Å². The molecule has 0 aliphatic carbocycles. The molecule has 444 valence electrons. The molecule has 0 radical (unpaired) electrons. The Morgan fingerprint density at radius 2 is 0.707 bits per heavy atom. The van der Waals surface area contributed by atoms with Gasteiger partial charge in [-0.3, -0.25) is 14.4 Å². The Hall–Kier alpha value is -1.87. The molecule has 1 aliphatic rings. The molecule has 0 N–H and O–H groups in total. The highest BCUT2D eigenvalue weighted by molar-refractivity contribution is 5.73. The van der Waals surface area contributed by atoms with Gasteiger partial charge in [-0.1, -0.05) is 169 Å². The number of nitrogens with zero attached hydrogens (tertiary/aromatic N) is 1. The van der Waals surface area contributed by atoms with Crippen molar-refractivity contribution < 1.29 is 57.0 Å². The van der Waals surface area contributed by atoms with Gasteiger partial charge in [0.1, 0.15) is 12.7 Å². The molecule has 1 saturated heterocycles. The van der Waals surface area contributed by atoms with E-state index in [1.54, 1.807) is 0 Å². The predicted molar refractivity (Wildman–Crippen MR) is 304 cm³/mol. The van der Waals surface area contributed by atoms with E-state index in [1.807, 2.05) is 0 Å². The number of likely N-dealkylation sites (tertiary alicyclic amines) is 1. The molecule has 0 spiro atoms. The van der Waals surface area contributed by atoms with Crippen LogP contribution in [0.5, 0.6) is 0 Å². The van der Waals surface area contributed by atoms with Gasteiger partial charge >= 0.3 is 17.9 Å². The summed E-state index contributed by atoms with van der Waals surface area (Å²) < 4.78 is 52.4. The molecule has 1 heterocycles. The van der Waals surface area contributed by atoms with Crippen LogP contribution in [-0.4, -0.2) is 142 Å². The second kappa shape index (κ2) is 55.4. The summed E-state index contributed by atoms with van der Waals surface area (Å²) in [4.78, 5) is 40.6. The Labute approximate surface area is 460 Å². The highest BCUT2D eigenvalue weighted by atomic mass is 16.6. The van der Waals surface area contributed by atoms with Crippen molar-refractivity contribution in [3.8, 4) is 0 Å². The number of esters is 3. The summed E-state index contributed by atoms with van der Waals surface area (Å²) in [5.74, 6) is 0.0165. The zero-order chi connectivity index (χ0) is 54.3. The Bertz CT molecular complexity index is 1240. The number of unbranched alkanes of at least 4 members (excludes halogenated alkanes) is 22. The van der Waals surface area contributed by atoms with Gasteiger partial charge < -0.3 is 47.5 Å².